The first-order valence-corrected chi connectivity index (χ1v) is 9.34. The number of alkyl halides is 3. The topological polar surface area (TPSA) is 134 Å². The lowest BCUT2D eigenvalue weighted by molar-refractivity contribution is -0.192. The van der Waals surface area contributed by atoms with Gasteiger partial charge in [-0.2, -0.15) is 13.2 Å². The van der Waals surface area contributed by atoms with Gasteiger partial charge in [-0.3, -0.25) is 9.59 Å². The van der Waals surface area contributed by atoms with Crippen LogP contribution < -0.4 is 10.6 Å². The lowest BCUT2D eigenvalue weighted by Gasteiger charge is -2.04. The number of carboxylic acid groups (broad SMARTS) is 1. The number of nitrogens with one attached hydrogen (secondary N) is 2. The Morgan fingerprint density at radius 3 is 2.23 bits per heavy atom. The predicted molar refractivity (Wildman–Crippen MR) is 102 cm³/mol. The van der Waals surface area contributed by atoms with Gasteiger partial charge in [-0.25, -0.2) is 9.78 Å². The number of amides is 2. The molecule has 0 atom stereocenters. The van der Waals surface area contributed by atoms with Crippen LogP contribution in [0.4, 0.5) is 13.2 Å². The van der Waals surface area contributed by atoms with Gasteiger partial charge in [-0.1, -0.05) is 35.5 Å². The van der Waals surface area contributed by atoms with Gasteiger partial charge < -0.3 is 20.3 Å². The number of hydrogen-bond donors (Lipinski definition) is 3. The summed E-state index contributed by atoms with van der Waals surface area (Å²) < 4.78 is 36.9. The zero-order valence-corrected chi connectivity index (χ0v) is 16.4. The summed E-state index contributed by atoms with van der Waals surface area (Å²) in [6.45, 7) is 0.580. The Morgan fingerprint density at radius 2 is 1.68 bits per heavy atom. The molecule has 0 aliphatic carbocycles. The van der Waals surface area contributed by atoms with Gasteiger partial charge in [0.2, 0.25) is 0 Å². The molecule has 0 saturated heterocycles. The molecule has 0 aliphatic heterocycles. The number of thiazole rings is 1. The van der Waals surface area contributed by atoms with Crippen molar-refractivity contribution < 1.29 is 37.2 Å². The molecule has 0 spiro atoms. The highest BCUT2D eigenvalue weighted by Gasteiger charge is 2.38. The minimum Gasteiger partial charge on any atom is -0.475 e. The van der Waals surface area contributed by atoms with Gasteiger partial charge in [0.25, 0.3) is 11.8 Å². The van der Waals surface area contributed by atoms with Gasteiger partial charge in [-0.05, 0) is 0 Å². The van der Waals surface area contributed by atoms with Crippen molar-refractivity contribution in [3.05, 3.63) is 58.7 Å². The van der Waals surface area contributed by atoms with Crippen LogP contribution in [0.15, 0.2) is 52.5 Å². The van der Waals surface area contributed by atoms with Crippen LogP contribution in [0.1, 0.15) is 20.3 Å². The van der Waals surface area contributed by atoms with Crippen LogP contribution >= 0.6 is 11.3 Å². The lowest BCUT2D eigenvalue weighted by Crippen LogP contribution is -2.34. The smallest absolute Gasteiger partial charge is 0.475 e. The first kappa shape index (κ1) is 23.5. The number of aliphatic carboxylic acids is 1. The molecule has 0 saturated carbocycles. The first-order chi connectivity index (χ1) is 14.7. The summed E-state index contributed by atoms with van der Waals surface area (Å²) in [5.41, 5.74) is 1.04. The summed E-state index contributed by atoms with van der Waals surface area (Å²) in [7, 11) is 0. The van der Waals surface area contributed by atoms with Crippen LogP contribution in [0.3, 0.4) is 0 Å². The van der Waals surface area contributed by atoms with Crippen molar-refractivity contribution in [2.75, 3.05) is 13.1 Å². The predicted octanol–water partition coefficient (Wildman–Crippen LogP) is 2.59. The van der Waals surface area contributed by atoms with Gasteiger partial charge in [0, 0.05) is 36.3 Å². The standard InChI is InChI=1S/C16H14N4O3S.C2HF3O2/c21-14(17-6-7-18-15(22)16-19-8-9-24-16)12-10-13(23-20-12)11-4-2-1-3-5-11;3-2(4,5)1(6)7/h1-5,8-10H,6-7H2,(H,17,21)(H,18,22);(H,6,7). The third-order valence-corrected chi connectivity index (χ3v) is 4.14. The largest absolute Gasteiger partial charge is 0.490 e. The molecular weight excluding hydrogens is 441 g/mol. The van der Waals surface area contributed by atoms with E-state index in [-0.39, 0.29) is 24.1 Å². The van der Waals surface area contributed by atoms with Gasteiger partial charge >= 0.3 is 12.1 Å². The zero-order chi connectivity index (χ0) is 22.9. The number of carbonyl (C=O) groups excluding carboxylic acids is 2. The molecule has 3 aromatic rings. The van der Waals surface area contributed by atoms with E-state index in [1.165, 1.54) is 11.3 Å². The maximum absolute atomic E-state index is 12.0. The van der Waals surface area contributed by atoms with Crippen LogP contribution in [-0.4, -0.2) is 52.3 Å². The monoisotopic (exact) mass is 456 g/mol. The average molecular weight is 456 g/mol. The van der Waals surface area contributed by atoms with E-state index in [9.17, 15) is 22.8 Å². The second-order valence-electron chi connectivity index (χ2n) is 5.59. The van der Waals surface area contributed by atoms with E-state index in [4.69, 9.17) is 14.4 Å². The number of nitrogens with zero attached hydrogens (tertiary/aromatic N) is 2. The molecule has 13 heteroatoms. The Hall–Kier alpha value is -3.74. The number of rotatable bonds is 6. The summed E-state index contributed by atoms with van der Waals surface area (Å²) >= 11 is 1.26. The number of benzene rings is 1. The average Bonchev–Trinajstić information content (AvgIpc) is 3.44. The van der Waals surface area contributed by atoms with Gasteiger partial charge in [-0.15, -0.1) is 11.3 Å². The Balaban J connectivity index is 0.000000423. The normalized spacial score (nSPS) is 10.5. The molecule has 0 bridgehead atoms. The van der Waals surface area contributed by atoms with E-state index < -0.39 is 12.1 Å². The van der Waals surface area contributed by atoms with Crippen molar-refractivity contribution in [2.24, 2.45) is 0 Å². The molecule has 3 N–H and O–H groups in total. The third-order valence-electron chi connectivity index (χ3n) is 3.37. The summed E-state index contributed by atoms with van der Waals surface area (Å²) in [6.07, 6.45) is -3.52. The molecular formula is C18H15F3N4O5S. The van der Waals surface area contributed by atoms with E-state index in [2.05, 4.69) is 20.8 Å². The summed E-state index contributed by atoms with van der Waals surface area (Å²) in [4.78, 5) is 36.5. The Labute approximate surface area is 176 Å². The minimum absolute atomic E-state index is 0.195. The number of aromatic nitrogens is 2. The number of hydrogen-bond acceptors (Lipinski definition) is 7. The van der Waals surface area contributed by atoms with Gasteiger partial charge in [0.05, 0.1) is 0 Å². The van der Waals surface area contributed by atoms with Crippen LogP contribution in [0.5, 0.6) is 0 Å². The van der Waals surface area contributed by atoms with Gasteiger partial charge in [0.15, 0.2) is 16.5 Å². The van der Waals surface area contributed by atoms with Crippen LogP contribution in [0.2, 0.25) is 0 Å². The molecule has 0 radical (unpaired) electrons. The van der Waals surface area contributed by atoms with E-state index in [0.29, 0.717) is 17.3 Å². The Bertz CT molecular complexity index is 1010. The van der Waals surface area contributed by atoms with Crippen LogP contribution in [-0.2, 0) is 4.79 Å². The summed E-state index contributed by atoms with van der Waals surface area (Å²) in [6, 6.07) is 11.0. The van der Waals surface area contributed by atoms with E-state index >= 15 is 0 Å². The highest BCUT2D eigenvalue weighted by atomic mass is 32.1. The highest BCUT2D eigenvalue weighted by Crippen LogP contribution is 2.19. The van der Waals surface area contributed by atoms with Crippen molar-refractivity contribution in [2.45, 2.75) is 6.18 Å². The van der Waals surface area contributed by atoms with Crippen molar-refractivity contribution >= 4 is 29.1 Å². The Kier molecular flexibility index (Phi) is 8.25. The fourth-order valence-corrected chi connectivity index (χ4v) is 2.53. The molecule has 0 unspecified atom stereocenters. The fraction of sp³-hybridized carbons (Fsp3) is 0.167. The molecule has 2 heterocycles. The van der Waals surface area contributed by atoms with Crippen molar-refractivity contribution in [1.82, 2.24) is 20.8 Å². The SMILES string of the molecule is O=C(NCCNC(=O)c1nccs1)c1cc(-c2ccccc2)on1.O=C(O)C(F)(F)F. The molecule has 164 valence electrons. The van der Waals surface area contributed by atoms with E-state index in [1.54, 1.807) is 17.6 Å². The fourth-order valence-electron chi connectivity index (χ4n) is 1.97. The maximum Gasteiger partial charge on any atom is 0.490 e. The number of carbonyl (C=O) groups is 3. The van der Waals surface area contributed by atoms with Crippen molar-refractivity contribution in [1.29, 1.82) is 0 Å². The zero-order valence-electron chi connectivity index (χ0n) is 15.5. The second kappa shape index (κ2) is 10.9. The third kappa shape index (κ3) is 7.54. The maximum atomic E-state index is 12.0. The molecule has 2 aromatic heterocycles. The quantitative estimate of drug-likeness (QED) is 0.485. The molecule has 2 amide bonds. The van der Waals surface area contributed by atoms with Crippen molar-refractivity contribution in [3.63, 3.8) is 0 Å². The Morgan fingerprint density at radius 1 is 1.06 bits per heavy atom. The summed E-state index contributed by atoms with van der Waals surface area (Å²) in [5.74, 6) is -2.85. The highest BCUT2D eigenvalue weighted by molar-refractivity contribution is 7.11. The summed E-state index contributed by atoms with van der Waals surface area (Å²) in [5, 5.41) is 18.4. The van der Waals surface area contributed by atoms with Gasteiger partial charge in [0.1, 0.15) is 0 Å². The minimum atomic E-state index is -5.08. The molecule has 31 heavy (non-hydrogen) atoms. The molecule has 9 nitrogen and oxygen atoms in total. The molecule has 0 aliphatic rings. The number of halogens is 3. The molecule has 1 aromatic carbocycles. The second-order valence-corrected chi connectivity index (χ2v) is 6.49. The number of carboxylic acids is 1. The van der Waals surface area contributed by atoms with Crippen LogP contribution in [0.25, 0.3) is 11.3 Å². The van der Waals surface area contributed by atoms with E-state index in [0.717, 1.165) is 5.56 Å². The lowest BCUT2D eigenvalue weighted by atomic mass is 10.1. The van der Waals surface area contributed by atoms with E-state index in [1.807, 2.05) is 30.3 Å². The molecule has 0 fully saturated rings. The first-order valence-electron chi connectivity index (χ1n) is 8.46. The van der Waals surface area contributed by atoms with Crippen molar-refractivity contribution in [3.8, 4) is 11.3 Å². The molecule has 3 rings (SSSR count). The van der Waals surface area contributed by atoms with Crippen LogP contribution in [0, 0.1) is 0 Å².